The molecule has 1 saturated heterocycles. The number of hydrogen-bond acceptors (Lipinski definition) is 6. The maximum Gasteiger partial charge on any atom is 0.305 e. The SMILES string of the molecule is COC(=O)CCc1csc(C2COCCN2)n1. The Morgan fingerprint density at radius 3 is 3.35 bits per heavy atom. The number of ether oxygens (including phenoxy) is 2. The van der Waals surface area contributed by atoms with Gasteiger partial charge in [-0.25, -0.2) is 4.98 Å². The zero-order valence-electron chi connectivity index (χ0n) is 9.77. The van der Waals surface area contributed by atoms with Crippen LogP contribution in [0.15, 0.2) is 5.38 Å². The molecule has 1 aromatic heterocycles. The van der Waals surface area contributed by atoms with E-state index in [-0.39, 0.29) is 12.0 Å². The van der Waals surface area contributed by atoms with Crippen molar-refractivity contribution in [3.63, 3.8) is 0 Å². The van der Waals surface area contributed by atoms with E-state index in [2.05, 4.69) is 15.0 Å². The number of esters is 1. The molecule has 0 amide bonds. The molecule has 94 valence electrons. The fourth-order valence-corrected chi connectivity index (χ4v) is 2.57. The van der Waals surface area contributed by atoms with E-state index in [1.165, 1.54) is 7.11 Å². The molecule has 1 aromatic rings. The maximum absolute atomic E-state index is 11.0. The minimum absolute atomic E-state index is 0.195. The number of rotatable bonds is 4. The van der Waals surface area contributed by atoms with Gasteiger partial charge in [-0.1, -0.05) is 0 Å². The second kappa shape index (κ2) is 6.09. The number of nitrogens with zero attached hydrogens (tertiary/aromatic N) is 1. The lowest BCUT2D eigenvalue weighted by Crippen LogP contribution is -2.34. The first-order valence-corrected chi connectivity index (χ1v) is 6.50. The Morgan fingerprint density at radius 2 is 2.65 bits per heavy atom. The van der Waals surface area contributed by atoms with Crippen LogP contribution in [-0.4, -0.2) is 37.8 Å². The third kappa shape index (κ3) is 3.49. The van der Waals surface area contributed by atoms with Crippen molar-refractivity contribution in [1.29, 1.82) is 0 Å². The van der Waals surface area contributed by atoms with Gasteiger partial charge >= 0.3 is 5.97 Å². The van der Waals surface area contributed by atoms with Gasteiger partial charge in [0, 0.05) is 18.3 Å². The summed E-state index contributed by atoms with van der Waals surface area (Å²) in [6, 6.07) is 0.195. The molecule has 0 bridgehead atoms. The summed E-state index contributed by atoms with van der Waals surface area (Å²) in [6.45, 7) is 2.29. The van der Waals surface area contributed by atoms with Crippen molar-refractivity contribution in [2.75, 3.05) is 26.9 Å². The number of nitrogens with one attached hydrogen (secondary N) is 1. The van der Waals surface area contributed by atoms with Crippen LogP contribution in [0.5, 0.6) is 0 Å². The van der Waals surface area contributed by atoms with E-state index < -0.39 is 0 Å². The first-order chi connectivity index (χ1) is 8.29. The molecule has 1 atom stereocenters. The topological polar surface area (TPSA) is 60.5 Å². The molecule has 2 rings (SSSR count). The molecule has 0 radical (unpaired) electrons. The lowest BCUT2D eigenvalue weighted by molar-refractivity contribution is -0.140. The third-order valence-electron chi connectivity index (χ3n) is 2.60. The minimum Gasteiger partial charge on any atom is -0.469 e. The van der Waals surface area contributed by atoms with Crippen LogP contribution >= 0.6 is 11.3 Å². The molecule has 17 heavy (non-hydrogen) atoms. The molecule has 0 saturated carbocycles. The van der Waals surface area contributed by atoms with E-state index in [1.807, 2.05) is 5.38 Å². The van der Waals surface area contributed by atoms with Gasteiger partial charge in [0.05, 0.1) is 38.5 Å². The van der Waals surface area contributed by atoms with Gasteiger partial charge in [0.15, 0.2) is 0 Å². The highest BCUT2D eigenvalue weighted by molar-refractivity contribution is 7.09. The smallest absolute Gasteiger partial charge is 0.305 e. The van der Waals surface area contributed by atoms with Crippen molar-refractivity contribution < 1.29 is 14.3 Å². The van der Waals surface area contributed by atoms with Crippen molar-refractivity contribution in [3.8, 4) is 0 Å². The van der Waals surface area contributed by atoms with Crippen LogP contribution in [0.1, 0.15) is 23.2 Å². The molecular formula is C11H16N2O3S. The highest BCUT2D eigenvalue weighted by Crippen LogP contribution is 2.20. The summed E-state index contributed by atoms with van der Waals surface area (Å²) < 4.78 is 9.99. The molecule has 1 fully saturated rings. The van der Waals surface area contributed by atoms with Gasteiger partial charge in [-0.05, 0) is 0 Å². The Morgan fingerprint density at radius 1 is 1.76 bits per heavy atom. The highest BCUT2D eigenvalue weighted by atomic mass is 32.1. The van der Waals surface area contributed by atoms with E-state index in [0.29, 0.717) is 19.4 Å². The number of morpholine rings is 1. The highest BCUT2D eigenvalue weighted by Gasteiger charge is 2.18. The van der Waals surface area contributed by atoms with Gasteiger partial charge in [0.25, 0.3) is 0 Å². The van der Waals surface area contributed by atoms with Gasteiger partial charge in [-0.3, -0.25) is 4.79 Å². The van der Waals surface area contributed by atoms with Crippen molar-refractivity contribution in [1.82, 2.24) is 10.3 Å². The quantitative estimate of drug-likeness (QED) is 0.811. The molecular weight excluding hydrogens is 240 g/mol. The van der Waals surface area contributed by atoms with Crippen LogP contribution in [0.2, 0.25) is 0 Å². The van der Waals surface area contributed by atoms with Crippen molar-refractivity contribution in [3.05, 3.63) is 16.1 Å². The normalized spacial score (nSPS) is 20.2. The Labute approximate surface area is 104 Å². The molecule has 2 heterocycles. The fourth-order valence-electron chi connectivity index (χ4n) is 1.65. The van der Waals surface area contributed by atoms with Crippen LogP contribution in [0.3, 0.4) is 0 Å². The van der Waals surface area contributed by atoms with E-state index >= 15 is 0 Å². The summed E-state index contributed by atoms with van der Waals surface area (Å²) in [5.74, 6) is -0.196. The zero-order chi connectivity index (χ0) is 12.1. The number of carbonyl (C=O) groups excluding carboxylic acids is 1. The molecule has 1 aliphatic rings. The van der Waals surface area contributed by atoms with Gasteiger partial charge in [-0.2, -0.15) is 0 Å². The predicted molar refractivity (Wildman–Crippen MR) is 64.0 cm³/mol. The summed E-state index contributed by atoms with van der Waals surface area (Å²) in [6.07, 6.45) is 1.02. The maximum atomic E-state index is 11.0. The van der Waals surface area contributed by atoms with Crippen LogP contribution in [0.25, 0.3) is 0 Å². The van der Waals surface area contributed by atoms with Crippen LogP contribution < -0.4 is 5.32 Å². The molecule has 0 spiro atoms. The standard InChI is InChI=1S/C11H16N2O3S/c1-15-10(14)3-2-8-7-17-11(13-8)9-6-16-5-4-12-9/h7,9,12H,2-6H2,1H3. The second-order valence-electron chi connectivity index (χ2n) is 3.83. The number of aromatic nitrogens is 1. The summed E-state index contributed by atoms with van der Waals surface area (Å²) in [7, 11) is 1.40. The number of hydrogen-bond donors (Lipinski definition) is 1. The summed E-state index contributed by atoms with van der Waals surface area (Å²) in [4.78, 5) is 15.5. The third-order valence-corrected chi connectivity index (χ3v) is 3.61. The summed E-state index contributed by atoms with van der Waals surface area (Å²) in [5.41, 5.74) is 0.947. The lowest BCUT2D eigenvalue weighted by Gasteiger charge is -2.21. The zero-order valence-corrected chi connectivity index (χ0v) is 10.6. The molecule has 0 aliphatic carbocycles. The Balaban J connectivity index is 1.88. The largest absolute Gasteiger partial charge is 0.469 e. The molecule has 0 aromatic carbocycles. The monoisotopic (exact) mass is 256 g/mol. The van der Waals surface area contributed by atoms with E-state index in [0.717, 1.165) is 23.9 Å². The van der Waals surface area contributed by atoms with Crippen LogP contribution in [-0.2, 0) is 20.7 Å². The molecule has 1 N–H and O–H groups in total. The molecule has 5 nitrogen and oxygen atoms in total. The van der Waals surface area contributed by atoms with Crippen LogP contribution in [0, 0.1) is 0 Å². The van der Waals surface area contributed by atoms with Crippen molar-refractivity contribution in [2.45, 2.75) is 18.9 Å². The van der Waals surface area contributed by atoms with Gasteiger partial charge < -0.3 is 14.8 Å². The fraction of sp³-hybridized carbons (Fsp3) is 0.636. The van der Waals surface area contributed by atoms with E-state index in [4.69, 9.17) is 4.74 Å². The summed E-state index contributed by atoms with van der Waals surface area (Å²) in [5, 5.41) is 6.38. The number of methoxy groups -OCH3 is 1. The average molecular weight is 256 g/mol. The first kappa shape index (κ1) is 12.5. The van der Waals surface area contributed by atoms with E-state index in [1.54, 1.807) is 11.3 Å². The number of thiazole rings is 1. The number of aryl methyl sites for hydroxylation is 1. The van der Waals surface area contributed by atoms with Crippen LogP contribution in [0.4, 0.5) is 0 Å². The Bertz CT molecular complexity index is 375. The Kier molecular flexibility index (Phi) is 4.47. The Hall–Kier alpha value is -0.980. The molecule has 1 aliphatic heterocycles. The van der Waals surface area contributed by atoms with Gasteiger partial charge in [0.2, 0.25) is 0 Å². The van der Waals surface area contributed by atoms with Gasteiger partial charge in [0.1, 0.15) is 5.01 Å². The molecule has 6 heteroatoms. The predicted octanol–water partition coefficient (Wildman–Crippen LogP) is 0.910. The first-order valence-electron chi connectivity index (χ1n) is 5.62. The average Bonchev–Trinajstić information content (AvgIpc) is 2.86. The lowest BCUT2D eigenvalue weighted by atomic mass is 10.2. The van der Waals surface area contributed by atoms with E-state index in [9.17, 15) is 4.79 Å². The molecule has 1 unspecified atom stereocenters. The number of carbonyl (C=O) groups is 1. The second-order valence-corrected chi connectivity index (χ2v) is 4.72. The minimum atomic E-state index is -0.196. The van der Waals surface area contributed by atoms with Crippen molar-refractivity contribution >= 4 is 17.3 Å². The van der Waals surface area contributed by atoms with Gasteiger partial charge in [-0.15, -0.1) is 11.3 Å². The summed E-state index contributed by atoms with van der Waals surface area (Å²) >= 11 is 1.61. The van der Waals surface area contributed by atoms with Crippen molar-refractivity contribution in [2.24, 2.45) is 0 Å².